The van der Waals surface area contributed by atoms with Crippen LogP contribution in [0.15, 0.2) is 220 Å². The minimum absolute atomic E-state index is 0.946. The van der Waals surface area contributed by atoms with E-state index in [-0.39, 0.29) is 0 Å². The number of nitrogens with zero attached hydrogens (tertiary/aromatic N) is 1. The molecular weight excluding hydrogens is 729 g/mol. The number of nitrogens with two attached hydrogens (primary N) is 1. The SMILES string of the molecule is C/C=C\C(=C/C)Cc1ccccc1.C=C/C=C\C=C.C=CN(c1ccccc1)c1ccccc1C(=C)/C=C(\C)c1ccccc1Nc1cccc(C)c1.CC.CC.CNN. The van der Waals surface area contributed by atoms with E-state index in [1.807, 2.05) is 76.4 Å². The molecule has 316 valence electrons. The summed E-state index contributed by atoms with van der Waals surface area (Å²) in [6.07, 6.45) is 18.5. The van der Waals surface area contributed by atoms with Crippen LogP contribution in [-0.2, 0) is 6.42 Å². The Hall–Kier alpha value is -6.46. The van der Waals surface area contributed by atoms with Crippen LogP contribution in [-0.4, -0.2) is 7.05 Å². The lowest BCUT2D eigenvalue weighted by atomic mass is 9.98. The molecule has 0 aliphatic heterocycles. The molecule has 0 saturated heterocycles. The van der Waals surface area contributed by atoms with Gasteiger partial charge >= 0.3 is 0 Å². The number of allylic oxidation sites excluding steroid dienone is 11. The monoisotopic (exact) mass is 801 g/mol. The minimum Gasteiger partial charge on any atom is -0.355 e. The quantitative estimate of drug-likeness (QED) is 0.0631. The highest BCUT2D eigenvalue weighted by Gasteiger charge is 2.13. The number of rotatable bonds is 13. The first kappa shape index (κ1) is 53.5. The van der Waals surface area contributed by atoms with Gasteiger partial charge in [-0.05, 0) is 105 Å². The molecule has 0 heterocycles. The summed E-state index contributed by atoms with van der Waals surface area (Å²) in [6, 6.07) is 45.9. The number of hydrogen-bond donors (Lipinski definition) is 3. The summed E-state index contributed by atoms with van der Waals surface area (Å²) >= 11 is 0. The summed E-state index contributed by atoms with van der Waals surface area (Å²) in [7, 11) is 1.65. The lowest BCUT2D eigenvalue weighted by Crippen LogP contribution is -2.13. The second-order valence-corrected chi connectivity index (χ2v) is 12.5. The third kappa shape index (κ3) is 20.8. The summed E-state index contributed by atoms with van der Waals surface area (Å²) in [5.41, 5.74) is 14.8. The van der Waals surface area contributed by atoms with E-state index < -0.39 is 0 Å². The fourth-order valence-corrected chi connectivity index (χ4v) is 5.58. The molecule has 0 amide bonds. The lowest BCUT2D eigenvalue weighted by Gasteiger charge is -2.23. The topological polar surface area (TPSA) is 53.3 Å². The Balaban J connectivity index is 0.00000110. The standard InChI is InChI=1S/C32H30N2.C13H16.C6H8.2C2H6.CH6N2/c1-5-34(28-16-7-6-8-17-28)32-21-12-10-19-30(32)26(4)23-25(3)29-18-9-11-20-31(29)33-27-15-13-14-24(2)22-27;1-3-8-12(4-2)11-13-9-6-5-7-10-13;1-3-5-6-4-2;2*1-2;1-3-2/h5-23,33H,1,4H2,2-3H3;3-10H,11H2,1-2H3;3-6H,1-2H2;2*1-2H3;3H,2H2,1H3/b25-23+;8-3-,12-4+;6-5-;;;. The molecule has 4 N–H and O–H groups in total. The zero-order chi connectivity index (χ0) is 45.0. The largest absolute Gasteiger partial charge is 0.355 e. The predicted octanol–water partition coefficient (Wildman–Crippen LogP) is 15.9. The van der Waals surface area contributed by atoms with Crippen LogP contribution in [0.5, 0.6) is 0 Å². The Morgan fingerprint density at radius 2 is 1.23 bits per heavy atom. The predicted molar refractivity (Wildman–Crippen MR) is 273 cm³/mol. The second kappa shape index (κ2) is 34.6. The Bertz CT molecular complexity index is 2040. The molecule has 0 aliphatic rings. The van der Waals surface area contributed by atoms with Crippen molar-refractivity contribution in [2.75, 3.05) is 17.3 Å². The van der Waals surface area contributed by atoms with Crippen LogP contribution in [0.4, 0.5) is 22.7 Å². The molecule has 0 unspecified atom stereocenters. The Kier molecular flexibility index (Phi) is 30.8. The fourth-order valence-electron chi connectivity index (χ4n) is 5.58. The molecule has 0 spiro atoms. The van der Waals surface area contributed by atoms with Gasteiger partial charge in [0.25, 0.3) is 0 Å². The van der Waals surface area contributed by atoms with Crippen molar-refractivity contribution in [1.29, 1.82) is 0 Å². The molecule has 0 radical (unpaired) electrons. The van der Waals surface area contributed by atoms with E-state index in [9.17, 15) is 0 Å². The van der Waals surface area contributed by atoms with Crippen LogP contribution in [0, 0.1) is 6.92 Å². The number of hydrazine groups is 1. The van der Waals surface area contributed by atoms with Crippen molar-refractivity contribution in [2.24, 2.45) is 5.84 Å². The van der Waals surface area contributed by atoms with Crippen molar-refractivity contribution in [2.45, 2.75) is 61.8 Å². The van der Waals surface area contributed by atoms with Gasteiger partial charge in [-0.15, -0.1) is 0 Å². The zero-order valence-electron chi connectivity index (χ0n) is 38.0. The molecule has 5 aromatic rings. The summed E-state index contributed by atoms with van der Waals surface area (Å²) in [5, 5.41) is 3.58. The Morgan fingerprint density at radius 3 is 1.77 bits per heavy atom. The van der Waals surface area contributed by atoms with Gasteiger partial charge in [0.1, 0.15) is 0 Å². The smallest absolute Gasteiger partial charge is 0.0533 e. The zero-order valence-corrected chi connectivity index (χ0v) is 38.0. The molecule has 5 rings (SSSR count). The molecule has 0 saturated carbocycles. The third-order valence-corrected chi connectivity index (χ3v) is 8.15. The number of para-hydroxylation sites is 3. The highest BCUT2D eigenvalue weighted by atomic mass is 15.2. The van der Waals surface area contributed by atoms with Crippen LogP contribution >= 0.6 is 0 Å². The van der Waals surface area contributed by atoms with Crippen LogP contribution in [0.2, 0.25) is 0 Å². The van der Waals surface area contributed by atoms with Gasteiger partial charge in [0.05, 0.1) is 5.69 Å². The van der Waals surface area contributed by atoms with Crippen molar-refractivity contribution >= 4 is 33.9 Å². The second-order valence-electron chi connectivity index (χ2n) is 12.5. The van der Waals surface area contributed by atoms with Crippen LogP contribution in [0.3, 0.4) is 0 Å². The van der Waals surface area contributed by atoms with E-state index in [1.165, 1.54) is 16.7 Å². The summed E-state index contributed by atoms with van der Waals surface area (Å²) < 4.78 is 0. The first-order valence-electron chi connectivity index (χ1n) is 20.7. The minimum atomic E-state index is 0.946. The van der Waals surface area contributed by atoms with E-state index in [0.29, 0.717) is 0 Å². The number of benzene rings is 5. The maximum absolute atomic E-state index is 4.60. The van der Waals surface area contributed by atoms with E-state index in [1.54, 1.807) is 19.2 Å². The molecule has 5 aromatic carbocycles. The number of anilines is 4. The molecule has 60 heavy (non-hydrogen) atoms. The van der Waals surface area contributed by atoms with E-state index in [4.69, 9.17) is 0 Å². The van der Waals surface area contributed by atoms with Gasteiger partial charge in [-0.3, -0.25) is 11.3 Å². The summed E-state index contributed by atoms with van der Waals surface area (Å²) in [6.45, 7) is 31.8. The fraction of sp³-hybridized carbons (Fsp3) is 0.179. The number of aryl methyl sites for hydroxylation is 1. The van der Waals surface area contributed by atoms with Gasteiger partial charge in [0, 0.05) is 34.4 Å². The first-order valence-corrected chi connectivity index (χ1v) is 20.7. The van der Waals surface area contributed by atoms with Crippen LogP contribution < -0.4 is 21.5 Å². The Morgan fingerprint density at radius 1 is 0.700 bits per heavy atom. The van der Waals surface area contributed by atoms with Crippen molar-refractivity contribution in [3.63, 3.8) is 0 Å². The molecule has 4 heteroatoms. The number of hydrogen-bond acceptors (Lipinski definition) is 4. The third-order valence-electron chi connectivity index (χ3n) is 8.15. The van der Waals surface area contributed by atoms with E-state index in [0.717, 1.165) is 51.4 Å². The maximum Gasteiger partial charge on any atom is 0.0533 e. The summed E-state index contributed by atoms with van der Waals surface area (Å²) in [5.74, 6) is 4.60. The molecule has 4 nitrogen and oxygen atoms in total. The van der Waals surface area contributed by atoms with Gasteiger partial charge in [0.2, 0.25) is 0 Å². The maximum atomic E-state index is 4.60. The van der Waals surface area contributed by atoms with Crippen LogP contribution in [0.1, 0.15) is 70.7 Å². The highest BCUT2D eigenvalue weighted by Crippen LogP contribution is 2.35. The summed E-state index contributed by atoms with van der Waals surface area (Å²) in [4.78, 5) is 2.09. The molecule has 0 aliphatic carbocycles. The van der Waals surface area contributed by atoms with Crippen molar-refractivity contribution in [3.05, 3.63) is 242 Å². The van der Waals surface area contributed by atoms with Crippen molar-refractivity contribution in [1.82, 2.24) is 5.43 Å². The van der Waals surface area contributed by atoms with Gasteiger partial charge < -0.3 is 10.2 Å². The van der Waals surface area contributed by atoms with Gasteiger partial charge in [-0.2, -0.15) is 0 Å². The van der Waals surface area contributed by atoms with Crippen molar-refractivity contribution < 1.29 is 0 Å². The van der Waals surface area contributed by atoms with Crippen molar-refractivity contribution in [3.8, 4) is 0 Å². The molecule has 0 bridgehead atoms. The van der Waals surface area contributed by atoms with Gasteiger partial charge in [-0.25, -0.2) is 0 Å². The van der Waals surface area contributed by atoms with Gasteiger partial charge in [-0.1, -0.05) is 200 Å². The normalized spacial score (nSPS) is 10.3. The average molecular weight is 801 g/mol. The number of nitrogens with one attached hydrogen (secondary N) is 2. The van der Waals surface area contributed by atoms with Crippen LogP contribution in [0.25, 0.3) is 11.1 Å². The average Bonchev–Trinajstić information content (AvgIpc) is 3.29. The van der Waals surface area contributed by atoms with E-state index in [2.05, 4.69) is 203 Å². The van der Waals surface area contributed by atoms with Gasteiger partial charge in [0.15, 0.2) is 0 Å². The molecular formula is C56H72N4. The first-order chi connectivity index (χ1) is 29.3. The molecule has 0 aromatic heterocycles. The molecule has 0 atom stereocenters. The molecule has 0 fully saturated rings. The Labute approximate surface area is 365 Å². The lowest BCUT2D eigenvalue weighted by molar-refractivity contribution is 0.900. The highest BCUT2D eigenvalue weighted by molar-refractivity contribution is 5.91. The van der Waals surface area contributed by atoms with E-state index >= 15 is 0 Å².